The Hall–Kier alpha value is -2.25. The van der Waals surface area contributed by atoms with Crippen molar-refractivity contribution < 1.29 is 17.6 Å². The van der Waals surface area contributed by atoms with E-state index in [1.807, 2.05) is 6.07 Å². The van der Waals surface area contributed by atoms with Crippen LogP contribution in [0.2, 0.25) is 0 Å². The van der Waals surface area contributed by atoms with Gasteiger partial charge < -0.3 is 5.32 Å². The SMILES string of the molecule is O=C(Nc1ccc(F)cc1)c1cccc(CN2CCS(=O)(=O)CC2)c1. The molecule has 1 fully saturated rings. The number of rotatable bonds is 4. The van der Waals surface area contributed by atoms with Crippen molar-refractivity contribution in [2.45, 2.75) is 6.54 Å². The van der Waals surface area contributed by atoms with Crippen LogP contribution in [0.3, 0.4) is 0 Å². The molecule has 2 aromatic rings. The number of sulfone groups is 1. The quantitative estimate of drug-likeness (QED) is 0.906. The number of halogens is 1. The molecular formula is C18H19FN2O3S. The Morgan fingerprint density at radius 3 is 2.44 bits per heavy atom. The smallest absolute Gasteiger partial charge is 0.255 e. The van der Waals surface area contributed by atoms with Crippen LogP contribution in [0.1, 0.15) is 15.9 Å². The molecule has 0 radical (unpaired) electrons. The van der Waals surface area contributed by atoms with Crippen LogP contribution in [0, 0.1) is 5.82 Å². The largest absolute Gasteiger partial charge is 0.322 e. The molecule has 5 nitrogen and oxygen atoms in total. The van der Waals surface area contributed by atoms with Crippen LogP contribution in [-0.4, -0.2) is 43.8 Å². The Morgan fingerprint density at radius 1 is 1.08 bits per heavy atom. The fourth-order valence-corrected chi connectivity index (χ4v) is 3.99. The molecule has 1 aliphatic heterocycles. The van der Waals surface area contributed by atoms with Gasteiger partial charge in [-0.3, -0.25) is 9.69 Å². The summed E-state index contributed by atoms with van der Waals surface area (Å²) >= 11 is 0. The minimum Gasteiger partial charge on any atom is -0.322 e. The van der Waals surface area contributed by atoms with Gasteiger partial charge in [0.25, 0.3) is 5.91 Å². The summed E-state index contributed by atoms with van der Waals surface area (Å²) in [5, 5.41) is 2.73. The highest BCUT2D eigenvalue weighted by Crippen LogP contribution is 2.14. The molecule has 1 saturated heterocycles. The standard InChI is InChI=1S/C18H19FN2O3S/c19-16-4-6-17(7-5-16)20-18(22)15-3-1-2-14(12-15)13-21-8-10-25(23,24)11-9-21/h1-7,12H,8-11,13H2,(H,20,22). The average molecular weight is 362 g/mol. The highest BCUT2D eigenvalue weighted by atomic mass is 32.2. The molecule has 3 rings (SSSR count). The first-order valence-electron chi connectivity index (χ1n) is 8.00. The lowest BCUT2D eigenvalue weighted by atomic mass is 10.1. The maximum Gasteiger partial charge on any atom is 0.255 e. The Morgan fingerprint density at radius 2 is 1.76 bits per heavy atom. The maximum atomic E-state index is 12.9. The summed E-state index contributed by atoms with van der Waals surface area (Å²) in [6.45, 7) is 1.62. The van der Waals surface area contributed by atoms with E-state index in [-0.39, 0.29) is 23.2 Å². The number of carbonyl (C=O) groups excluding carboxylic acids is 1. The second-order valence-corrected chi connectivity index (χ2v) is 8.39. The summed E-state index contributed by atoms with van der Waals surface area (Å²) in [6, 6.07) is 12.8. The summed E-state index contributed by atoms with van der Waals surface area (Å²) < 4.78 is 35.9. The molecule has 2 aromatic carbocycles. The van der Waals surface area contributed by atoms with Crippen molar-refractivity contribution in [3.63, 3.8) is 0 Å². The van der Waals surface area contributed by atoms with E-state index in [2.05, 4.69) is 10.2 Å². The van der Waals surface area contributed by atoms with E-state index in [9.17, 15) is 17.6 Å². The van der Waals surface area contributed by atoms with Crippen molar-refractivity contribution in [3.8, 4) is 0 Å². The third-order valence-electron chi connectivity index (χ3n) is 4.13. The first kappa shape index (κ1) is 17.6. The highest BCUT2D eigenvalue weighted by molar-refractivity contribution is 7.91. The molecule has 0 unspecified atom stereocenters. The monoisotopic (exact) mass is 362 g/mol. The Bertz CT molecular complexity index is 852. The molecule has 0 atom stereocenters. The second kappa shape index (κ2) is 7.33. The van der Waals surface area contributed by atoms with E-state index in [0.29, 0.717) is 30.9 Å². The molecule has 0 bridgehead atoms. The molecule has 7 heteroatoms. The first-order valence-corrected chi connectivity index (χ1v) is 9.82. The zero-order valence-corrected chi connectivity index (χ0v) is 14.4. The number of carbonyl (C=O) groups is 1. The predicted octanol–water partition coefficient (Wildman–Crippen LogP) is 2.31. The normalized spacial score (nSPS) is 17.2. The molecule has 1 N–H and O–H groups in total. The van der Waals surface area contributed by atoms with E-state index in [1.54, 1.807) is 18.2 Å². The van der Waals surface area contributed by atoms with Crippen LogP contribution in [0.15, 0.2) is 48.5 Å². The minimum atomic E-state index is -2.90. The fraction of sp³-hybridized carbons (Fsp3) is 0.278. The third kappa shape index (κ3) is 4.87. The molecule has 1 heterocycles. The van der Waals surface area contributed by atoms with Gasteiger partial charge in [0, 0.05) is 30.9 Å². The summed E-state index contributed by atoms with van der Waals surface area (Å²) in [6.07, 6.45) is 0. The lowest BCUT2D eigenvalue weighted by molar-refractivity contribution is 0.102. The fourth-order valence-electron chi connectivity index (χ4n) is 2.71. The topological polar surface area (TPSA) is 66.5 Å². The summed E-state index contributed by atoms with van der Waals surface area (Å²) in [7, 11) is -2.90. The first-order chi connectivity index (χ1) is 11.9. The van der Waals surface area contributed by atoms with Crippen LogP contribution in [0.5, 0.6) is 0 Å². The van der Waals surface area contributed by atoms with E-state index < -0.39 is 9.84 Å². The lowest BCUT2D eigenvalue weighted by Gasteiger charge is -2.26. The number of anilines is 1. The summed E-state index contributed by atoms with van der Waals surface area (Å²) in [4.78, 5) is 14.4. The number of nitrogens with one attached hydrogen (secondary N) is 1. The molecule has 0 saturated carbocycles. The van der Waals surface area contributed by atoms with Crippen LogP contribution < -0.4 is 5.32 Å². The highest BCUT2D eigenvalue weighted by Gasteiger charge is 2.21. The molecule has 0 aromatic heterocycles. The minimum absolute atomic E-state index is 0.178. The maximum absolute atomic E-state index is 12.9. The Labute approximate surface area is 146 Å². The van der Waals surface area contributed by atoms with Gasteiger partial charge >= 0.3 is 0 Å². The van der Waals surface area contributed by atoms with Crippen LogP contribution in [0.25, 0.3) is 0 Å². The van der Waals surface area contributed by atoms with Gasteiger partial charge in [-0.15, -0.1) is 0 Å². The molecule has 25 heavy (non-hydrogen) atoms. The van der Waals surface area contributed by atoms with Gasteiger partial charge in [0.2, 0.25) is 0 Å². The summed E-state index contributed by atoms with van der Waals surface area (Å²) in [5.41, 5.74) is 1.98. The van der Waals surface area contributed by atoms with Crippen molar-refractivity contribution in [2.75, 3.05) is 29.9 Å². The number of nitrogens with zero attached hydrogens (tertiary/aromatic N) is 1. The molecule has 132 valence electrons. The van der Waals surface area contributed by atoms with E-state index in [0.717, 1.165) is 5.56 Å². The lowest BCUT2D eigenvalue weighted by Crippen LogP contribution is -2.39. The van der Waals surface area contributed by atoms with Gasteiger partial charge in [-0.1, -0.05) is 12.1 Å². The van der Waals surface area contributed by atoms with Gasteiger partial charge in [0.05, 0.1) is 11.5 Å². The van der Waals surface area contributed by atoms with Crippen LogP contribution in [0.4, 0.5) is 10.1 Å². The molecule has 1 amide bonds. The average Bonchev–Trinajstić information content (AvgIpc) is 2.59. The van der Waals surface area contributed by atoms with E-state index >= 15 is 0 Å². The predicted molar refractivity (Wildman–Crippen MR) is 94.7 cm³/mol. The Balaban J connectivity index is 1.64. The van der Waals surface area contributed by atoms with Crippen molar-refractivity contribution in [3.05, 3.63) is 65.5 Å². The van der Waals surface area contributed by atoms with Gasteiger partial charge in [0.15, 0.2) is 9.84 Å². The van der Waals surface area contributed by atoms with Gasteiger partial charge in [0.1, 0.15) is 5.82 Å². The summed E-state index contributed by atoms with van der Waals surface area (Å²) in [5.74, 6) is -0.270. The Kier molecular flexibility index (Phi) is 5.15. The second-order valence-electron chi connectivity index (χ2n) is 6.09. The van der Waals surface area contributed by atoms with Crippen molar-refractivity contribution >= 4 is 21.4 Å². The molecule has 0 aliphatic carbocycles. The zero-order valence-electron chi connectivity index (χ0n) is 13.6. The van der Waals surface area contributed by atoms with E-state index in [1.165, 1.54) is 24.3 Å². The van der Waals surface area contributed by atoms with Crippen LogP contribution >= 0.6 is 0 Å². The number of benzene rings is 2. The van der Waals surface area contributed by atoms with Gasteiger partial charge in [-0.25, -0.2) is 12.8 Å². The molecule has 0 spiro atoms. The number of hydrogen-bond acceptors (Lipinski definition) is 4. The van der Waals surface area contributed by atoms with Gasteiger partial charge in [-0.05, 0) is 42.0 Å². The third-order valence-corrected chi connectivity index (χ3v) is 5.74. The van der Waals surface area contributed by atoms with Crippen LogP contribution in [-0.2, 0) is 16.4 Å². The number of hydrogen-bond donors (Lipinski definition) is 1. The van der Waals surface area contributed by atoms with Crippen molar-refractivity contribution in [2.24, 2.45) is 0 Å². The van der Waals surface area contributed by atoms with Gasteiger partial charge in [-0.2, -0.15) is 0 Å². The molecular weight excluding hydrogens is 343 g/mol. The number of amides is 1. The molecule has 1 aliphatic rings. The van der Waals surface area contributed by atoms with E-state index in [4.69, 9.17) is 0 Å². The van der Waals surface area contributed by atoms with Crippen molar-refractivity contribution in [1.82, 2.24) is 4.90 Å². The zero-order chi connectivity index (χ0) is 17.9. The van der Waals surface area contributed by atoms with Crippen molar-refractivity contribution in [1.29, 1.82) is 0 Å².